The van der Waals surface area contributed by atoms with Crippen LogP contribution in [-0.4, -0.2) is 43.0 Å². The first-order valence-corrected chi connectivity index (χ1v) is 6.82. The van der Waals surface area contributed by atoms with Crippen LogP contribution in [0.25, 0.3) is 0 Å². The highest BCUT2D eigenvalue weighted by atomic mass is 19.2. The van der Waals surface area contributed by atoms with Crippen LogP contribution in [0.15, 0.2) is 18.2 Å². The molecule has 0 saturated heterocycles. The van der Waals surface area contributed by atoms with Gasteiger partial charge in [0.25, 0.3) is 0 Å². The Hall–Kier alpha value is -1.33. The summed E-state index contributed by atoms with van der Waals surface area (Å²) in [6.07, 6.45) is 0. The van der Waals surface area contributed by atoms with E-state index in [2.05, 4.69) is 0 Å². The van der Waals surface area contributed by atoms with Gasteiger partial charge in [-0.05, 0) is 38.6 Å². The molecule has 0 saturated carbocycles. The Morgan fingerprint density at radius 3 is 2.55 bits per heavy atom. The van der Waals surface area contributed by atoms with Crippen molar-refractivity contribution in [2.75, 3.05) is 26.3 Å². The van der Waals surface area contributed by atoms with E-state index in [1.54, 1.807) is 6.92 Å². The number of Topliss-reactive ketones (excluding diaryl/α,β-unsaturated/α-hetero) is 1. The summed E-state index contributed by atoms with van der Waals surface area (Å²) in [4.78, 5) is 14.2. The molecule has 0 N–H and O–H groups in total. The van der Waals surface area contributed by atoms with Gasteiger partial charge in [0.2, 0.25) is 0 Å². The lowest BCUT2D eigenvalue weighted by molar-refractivity contribution is 0.0740. The van der Waals surface area contributed by atoms with Gasteiger partial charge in [0.05, 0.1) is 12.6 Å². The lowest BCUT2D eigenvalue weighted by Crippen LogP contribution is -2.41. The van der Waals surface area contributed by atoms with E-state index in [-0.39, 0.29) is 11.3 Å². The van der Waals surface area contributed by atoms with Crippen molar-refractivity contribution in [2.45, 2.75) is 26.8 Å². The van der Waals surface area contributed by atoms with Crippen LogP contribution < -0.4 is 0 Å². The second-order valence-electron chi connectivity index (χ2n) is 4.49. The maximum atomic E-state index is 13.2. The van der Waals surface area contributed by atoms with E-state index < -0.39 is 17.7 Å². The van der Waals surface area contributed by atoms with Gasteiger partial charge in [-0.15, -0.1) is 0 Å². The first-order chi connectivity index (χ1) is 9.51. The molecule has 1 aromatic carbocycles. The van der Waals surface area contributed by atoms with Crippen LogP contribution in [-0.2, 0) is 4.74 Å². The highest BCUT2D eigenvalue weighted by Crippen LogP contribution is 2.13. The number of ketones is 1. The second kappa shape index (κ2) is 8.07. The molecular formula is C15H21F2NO2. The number of carbonyl (C=O) groups is 1. The van der Waals surface area contributed by atoms with Crippen LogP contribution >= 0.6 is 0 Å². The summed E-state index contributed by atoms with van der Waals surface area (Å²) in [5.41, 5.74) is 0.186. The molecule has 3 nitrogen and oxygen atoms in total. The molecule has 0 radical (unpaired) electrons. The van der Waals surface area contributed by atoms with Gasteiger partial charge in [-0.1, -0.05) is 6.92 Å². The van der Waals surface area contributed by atoms with Gasteiger partial charge in [-0.25, -0.2) is 8.78 Å². The van der Waals surface area contributed by atoms with E-state index in [0.717, 1.165) is 12.1 Å². The fraction of sp³-hybridized carbons (Fsp3) is 0.533. The normalized spacial score (nSPS) is 12.7. The number of carbonyl (C=O) groups excluding carboxylic acids is 1. The minimum atomic E-state index is -1.000. The summed E-state index contributed by atoms with van der Waals surface area (Å²) in [6.45, 7) is 8.10. The Kier molecular flexibility index (Phi) is 6.75. The topological polar surface area (TPSA) is 29.5 Å². The third kappa shape index (κ3) is 4.35. The van der Waals surface area contributed by atoms with Gasteiger partial charge in [-0.2, -0.15) is 0 Å². The molecule has 0 fully saturated rings. The molecule has 0 heterocycles. The molecule has 0 aliphatic carbocycles. The third-order valence-corrected chi connectivity index (χ3v) is 3.26. The number of hydrogen-bond donors (Lipinski definition) is 0. The second-order valence-corrected chi connectivity index (χ2v) is 4.49. The van der Waals surface area contributed by atoms with Crippen molar-refractivity contribution in [3.8, 4) is 0 Å². The number of hydrogen-bond acceptors (Lipinski definition) is 3. The van der Waals surface area contributed by atoms with Crippen molar-refractivity contribution in [2.24, 2.45) is 0 Å². The molecule has 0 bridgehead atoms. The molecular weight excluding hydrogens is 264 g/mol. The minimum Gasteiger partial charge on any atom is -0.380 e. The number of rotatable bonds is 8. The zero-order chi connectivity index (χ0) is 15.1. The van der Waals surface area contributed by atoms with Crippen molar-refractivity contribution in [3.05, 3.63) is 35.4 Å². The molecule has 1 aromatic rings. The van der Waals surface area contributed by atoms with Crippen LogP contribution in [0.4, 0.5) is 8.78 Å². The summed E-state index contributed by atoms with van der Waals surface area (Å²) in [6, 6.07) is 2.84. The van der Waals surface area contributed by atoms with Crippen molar-refractivity contribution >= 4 is 5.78 Å². The van der Waals surface area contributed by atoms with Crippen LogP contribution in [0.2, 0.25) is 0 Å². The van der Waals surface area contributed by atoms with E-state index in [9.17, 15) is 13.6 Å². The molecule has 0 aliphatic heterocycles. The summed E-state index contributed by atoms with van der Waals surface area (Å²) in [5, 5.41) is 0. The van der Waals surface area contributed by atoms with Crippen LogP contribution in [0, 0.1) is 11.6 Å². The minimum absolute atomic E-state index is 0.186. The predicted molar refractivity (Wildman–Crippen MR) is 73.9 cm³/mol. The zero-order valence-corrected chi connectivity index (χ0v) is 12.2. The number of ether oxygens (including phenoxy) is 1. The number of nitrogens with zero attached hydrogens (tertiary/aromatic N) is 1. The fourth-order valence-electron chi connectivity index (χ4n) is 2.01. The average Bonchev–Trinajstić information content (AvgIpc) is 2.45. The first-order valence-electron chi connectivity index (χ1n) is 6.82. The lowest BCUT2D eigenvalue weighted by Gasteiger charge is -2.26. The molecule has 1 unspecified atom stereocenters. The molecule has 1 atom stereocenters. The largest absolute Gasteiger partial charge is 0.380 e. The van der Waals surface area contributed by atoms with Crippen LogP contribution in [0.1, 0.15) is 31.1 Å². The number of likely N-dealkylation sites (N-methyl/N-ethyl adjacent to an activating group) is 1. The van der Waals surface area contributed by atoms with Crippen molar-refractivity contribution in [1.29, 1.82) is 0 Å². The molecule has 0 amide bonds. The summed E-state index contributed by atoms with van der Waals surface area (Å²) < 4.78 is 31.3. The van der Waals surface area contributed by atoms with Gasteiger partial charge in [0.15, 0.2) is 17.4 Å². The van der Waals surface area contributed by atoms with Gasteiger partial charge >= 0.3 is 0 Å². The SMILES string of the molecule is CCOCCN(CC)C(C)C(=O)c1ccc(F)c(F)c1. The van der Waals surface area contributed by atoms with Crippen molar-refractivity contribution in [1.82, 2.24) is 4.90 Å². The van der Waals surface area contributed by atoms with Gasteiger partial charge in [0, 0.05) is 18.7 Å². The molecule has 0 aliphatic rings. The molecule has 5 heteroatoms. The highest BCUT2D eigenvalue weighted by Gasteiger charge is 2.22. The van der Waals surface area contributed by atoms with Crippen LogP contribution in [0.5, 0.6) is 0 Å². The fourth-order valence-corrected chi connectivity index (χ4v) is 2.01. The predicted octanol–water partition coefficient (Wildman–Crippen LogP) is 2.89. The molecule has 0 spiro atoms. The Balaban J connectivity index is 2.75. The number of halogens is 2. The van der Waals surface area contributed by atoms with E-state index in [0.29, 0.717) is 26.3 Å². The van der Waals surface area contributed by atoms with Gasteiger partial charge in [0.1, 0.15) is 0 Å². The third-order valence-electron chi connectivity index (χ3n) is 3.26. The summed E-state index contributed by atoms with van der Waals surface area (Å²) in [5.74, 6) is -2.17. The average molecular weight is 285 g/mol. The van der Waals surface area contributed by atoms with Crippen molar-refractivity contribution in [3.63, 3.8) is 0 Å². The van der Waals surface area contributed by atoms with E-state index in [1.165, 1.54) is 6.07 Å². The molecule has 1 rings (SSSR count). The smallest absolute Gasteiger partial charge is 0.179 e. The Bertz CT molecular complexity index is 451. The summed E-state index contributed by atoms with van der Waals surface area (Å²) >= 11 is 0. The molecule has 0 aromatic heterocycles. The Labute approximate surface area is 118 Å². The number of benzene rings is 1. The zero-order valence-electron chi connectivity index (χ0n) is 12.2. The van der Waals surface area contributed by atoms with E-state index in [1.807, 2.05) is 18.7 Å². The maximum absolute atomic E-state index is 13.2. The Morgan fingerprint density at radius 1 is 1.30 bits per heavy atom. The Morgan fingerprint density at radius 2 is 2.00 bits per heavy atom. The standard InChI is InChI=1S/C15H21F2NO2/c1-4-18(8-9-20-5-2)11(3)15(19)12-6-7-13(16)14(17)10-12/h6-7,10-11H,4-5,8-9H2,1-3H3. The van der Waals surface area contributed by atoms with E-state index >= 15 is 0 Å². The van der Waals surface area contributed by atoms with Gasteiger partial charge < -0.3 is 4.74 Å². The highest BCUT2D eigenvalue weighted by molar-refractivity contribution is 5.99. The quantitative estimate of drug-likeness (QED) is 0.543. The van der Waals surface area contributed by atoms with Gasteiger partial charge in [-0.3, -0.25) is 9.69 Å². The van der Waals surface area contributed by atoms with E-state index in [4.69, 9.17) is 4.74 Å². The first kappa shape index (κ1) is 16.7. The molecule has 20 heavy (non-hydrogen) atoms. The van der Waals surface area contributed by atoms with Crippen LogP contribution in [0.3, 0.4) is 0 Å². The van der Waals surface area contributed by atoms with Crippen molar-refractivity contribution < 1.29 is 18.3 Å². The molecule has 112 valence electrons. The maximum Gasteiger partial charge on any atom is 0.179 e. The summed E-state index contributed by atoms with van der Waals surface area (Å²) in [7, 11) is 0. The monoisotopic (exact) mass is 285 g/mol. The lowest BCUT2D eigenvalue weighted by atomic mass is 10.0.